The average Bonchev–Trinajstić information content (AvgIpc) is 2.62. The topological polar surface area (TPSA) is 84.9 Å². The number of likely N-dealkylation sites (tertiary alicyclic amines) is 1. The second-order valence-corrected chi connectivity index (χ2v) is 5.52. The van der Waals surface area contributed by atoms with Gasteiger partial charge < -0.3 is 14.4 Å². The Balaban J connectivity index is 1.93. The van der Waals surface area contributed by atoms with Crippen molar-refractivity contribution in [1.82, 2.24) is 10.2 Å². The smallest absolute Gasteiger partial charge is 0.324 e. The molecule has 0 spiro atoms. The first kappa shape index (κ1) is 17.8. The van der Waals surface area contributed by atoms with Crippen LogP contribution in [0.5, 0.6) is 5.75 Å². The number of nitrogens with one attached hydrogen (secondary N) is 1. The van der Waals surface area contributed by atoms with Gasteiger partial charge >= 0.3 is 12.0 Å². The Morgan fingerprint density at radius 1 is 1.25 bits per heavy atom. The molecular formula is C17H22N2O5. The predicted molar refractivity (Wildman–Crippen MR) is 86.8 cm³/mol. The number of carbonyl (C=O) groups is 3. The molecule has 7 nitrogen and oxygen atoms in total. The zero-order valence-corrected chi connectivity index (χ0v) is 13.9. The van der Waals surface area contributed by atoms with Gasteiger partial charge in [0, 0.05) is 18.7 Å². The molecule has 1 saturated heterocycles. The van der Waals surface area contributed by atoms with Crippen molar-refractivity contribution in [3.05, 3.63) is 29.8 Å². The minimum Gasteiger partial charge on any atom is -0.497 e. The van der Waals surface area contributed by atoms with Crippen LogP contribution in [0.2, 0.25) is 0 Å². The monoisotopic (exact) mass is 334 g/mol. The molecule has 2 rings (SSSR count). The summed E-state index contributed by atoms with van der Waals surface area (Å²) in [6.45, 7) is 2.84. The third kappa shape index (κ3) is 4.47. The number of hydrogen-bond donors (Lipinski definition) is 1. The molecule has 24 heavy (non-hydrogen) atoms. The number of rotatable bonds is 4. The highest BCUT2D eigenvalue weighted by Crippen LogP contribution is 2.18. The van der Waals surface area contributed by atoms with Gasteiger partial charge in [-0.05, 0) is 44.0 Å². The SMILES string of the molecule is CCOC(=O)C1CCCN(C(=O)NC(=O)c2ccc(OC)cc2)C1. The summed E-state index contributed by atoms with van der Waals surface area (Å²) in [5.41, 5.74) is 0.364. The molecule has 1 aliphatic heterocycles. The first-order valence-corrected chi connectivity index (χ1v) is 7.96. The van der Waals surface area contributed by atoms with Gasteiger partial charge in [0.15, 0.2) is 0 Å². The number of amides is 3. The Kier molecular flexibility index (Phi) is 6.17. The highest BCUT2D eigenvalue weighted by molar-refractivity contribution is 6.04. The van der Waals surface area contributed by atoms with E-state index in [2.05, 4.69) is 5.32 Å². The van der Waals surface area contributed by atoms with Crippen LogP contribution < -0.4 is 10.1 Å². The molecule has 0 saturated carbocycles. The van der Waals surface area contributed by atoms with E-state index < -0.39 is 11.9 Å². The number of urea groups is 1. The highest BCUT2D eigenvalue weighted by atomic mass is 16.5. The van der Waals surface area contributed by atoms with Crippen LogP contribution in [-0.2, 0) is 9.53 Å². The number of esters is 1. The molecule has 3 amide bonds. The number of carbonyl (C=O) groups excluding carboxylic acids is 3. The summed E-state index contributed by atoms with van der Waals surface area (Å²) in [6.07, 6.45) is 1.39. The lowest BCUT2D eigenvalue weighted by Gasteiger charge is -2.31. The number of imide groups is 1. The molecule has 1 heterocycles. The Hall–Kier alpha value is -2.57. The van der Waals surface area contributed by atoms with E-state index in [-0.39, 0.29) is 18.4 Å². The summed E-state index contributed by atoms with van der Waals surface area (Å²) in [7, 11) is 1.54. The van der Waals surface area contributed by atoms with Crippen LogP contribution in [-0.4, -0.2) is 49.6 Å². The fraction of sp³-hybridized carbons (Fsp3) is 0.471. The highest BCUT2D eigenvalue weighted by Gasteiger charge is 2.30. The fourth-order valence-electron chi connectivity index (χ4n) is 2.60. The van der Waals surface area contributed by atoms with Gasteiger partial charge in [0.1, 0.15) is 5.75 Å². The van der Waals surface area contributed by atoms with Crippen LogP contribution in [0.15, 0.2) is 24.3 Å². The largest absolute Gasteiger partial charge is 0.497 e. The number of methoxy groups -OCH3 is 1. The minimum atomic E-state index is -0.496. The Morgan fingerprint density at radius 3 is 2.58 bits per heavy atom. The summed E-state index contributed by atoms with van der Waals surface area (Å²) in [6, 6.07) is 5.97. The summed E-state index contributed by atoms with van der Waals surface area (Å²) in [5, 5.41) is 2.35. The predicted octanol–water partition coefficient (Wildman–Crippen LogP) is 1.82. The molecule has 1 atom stereocenters. The number of hydrogen-bond acceptors (Lipinski definition) is 5. The van der Waals surface area contributed by atoms with Crippen molar-refractivity contribution in [2.75, 3.05) is 26.8 Å². The number of benzene rings is 1. The lowest BCUT2D eigenvalue weighted by Crippen LogP contribution is -2.48. The molecule has 1 aliphatic rings. The molecule has 0 radical (unpaired) electrons. The van der Waals surface area contributed by atoms with Gasteiger partial charge in [-0.15, -0.1) is 0 Å². The van der Waals surface area contributed by atoms with E-state index in [0.29, 0.717) is 37.3 Å². The van der Waals surface area contributed by atoms with Gasteiger partial charge in [-0.3, -0.25) is 14.9 Å². The second kappa shape index (κ2) is 8.33. The molecule has 1 N–H and O–H groups in total. The standard InChI is InChI=1S/C17H22N2O5/c1-3-24-16(21)13-5-4-10-19(11-13)17(22)18-15(20)12-6-8-14(23-2)9-7-12/h6-9,13H,3-5,10-11H2,1-2H3,(H,18,20,22). The maximum atomic E-state index is 12.2. The van der Waals surface area contributed by atoms with Crippen molar-refractivity contribution in [3.63, 3.8) is 0 Å². The minimum absolute atomic E-state index is 0.264. The molecule has 130 valence electrons. The van der Waals surface area contributed by atoms with E-state index >= 15 is 0 Å². The van der Waals surface area contributed by atoms with Crippen LogP contribution in [0.25, 0.3) is 0 Å². The summed E-state index contributed by atoms with van der Waals surface area (Å²) in [4.78, 5) is 37.7. The number of nitrogens with zero attached hydrogens (tertiary/aromatic N) is 1. The first-order valence-electron chi connectivity index (χ1n) is 7.96. The third-order valence-corrected chi connectivity index (χ3v) is 3.90. The van der Waals surface area contributed by atoms with Crippen LogP contribution in [0.3, 0.4) is 0 Å². The van der Waals surface area contributed by atoms with Crippen molar-refractivity contribution in [3.8, 4) is 5.75 Å². The quantitative estimate of drug-likeness (QED) is 0.849. The summed E-state index contributed by atoms with van der Waals surface area (Å²) in [5.74, 6) is -0.482. The molecule has 1 fully saturated rings. The van der Waals surface area contributed by atoms with Gasteiger partial charge in [-0.2, -0.15) is 0 Å². The average molecular weight is 334 g/mol. The Morgan fingerprint density at radius 2 is 1.96 bits per heavy atom. The zero-order chi connectivity index (χ0) is 17.5. The maximum Gasteiger partial charge on any atom is 0.324 e. The number of ether oxygens (including phenoxy) is 2. The summed E-state index contributed by atoms with van der Waals surface area (Å²) < 4.78 is 10.0. The summed E-state index contributed by atoms with van der Waals surface area (Å²) >= 11 is 0. The van der Waals surface area contributed by atoms with Crippen molar-refractivity contribution in [2.45, 2.75) is 19.8 Å². The third-order valence-electron chi connectivity index (χ3n) is 3.90. The van der Waals surface area contributed by atoms with Gasteiger partial charge in [0.2, 0.25) is 0 Å². The van der Waals surface area contributed by atoms with E-state index in [0.717, 1.165) is 0 Å². The van der Waals surface area contributed by atoms with Crippen molar-refractivity contribution in [1.29, 1.82) is 0 Å². The van der Waals surface area contributed by atoms with E-state index in [1.807, 2.05) is 0 Å². The van der Waals surface area contributed by atoms with Crippen LogP contribution in [0.1, 0.15) is 30.1 Å². The van der Waals surface area contributed by atoms with Gasteiger partial charge in [-0.1, -0.05) is 0 Å². The zero-order valence-electron chi connectivity index (χ0n) is 13.9. The number of piperidine rings is 1. The van der Waals surface area contributed by atoms with E-state index in [1.54, 1.807) is 31.2 Å². The fourth-order valence-corrected chi connectivity index (χ4v) is 2.60. The Labute approximate surface area is 140 Å². The van der Waals surface area contributed by atoms with Gasteiger partial charge in [0.25, 0.3) is 5.91 Å². The first-order chi connectivity index (χ1) is 11.5. The lowest BCUT2D eigenvalue weighted by molar-refractivity contribution is -0.149. The van der Waals surface area contributed by atoms with E-state index in [4.69, 9.17) is 9.47 Å². The molecule has 7 heteroatoms. The van der Waals surface area contributed by atoms with Crippen LogP contribution >= 0.6 is 0 Å². The molecule has 0 bridgehead atoms. The molecule has 1 aromatic carbocycles. The molecule has 0 aromatic heterocycles. The van der Waals surface area contributed by atoms with Crippen molar-refractivity contribution >= 4 is 17.9 Å². The van der Waals surface area contributed by atoms with E-state index in [1.165, 1.54) is 12.0 Å². The Bertz CT molecular complexity index is 600. The van der Waals surface area contributed by atoms with Crippen molar-refractivity contribution < 1.29 is 23.9 Å². The van der Waals surface area contributed by atoms with Crippen molar-refractivity contribution in [2.24, 2.45) is 5.92 Å². The molecule has 0 aliphatic carbocycles. The second-order valence-electron chi connectivity index (χ2n) is 5.52. The van der Waals surface area contributed by atoms with Crippen LogP contribution in [0, 0.1) is 5.92 Å². The van der Waals surface area contributed by atoms with Gasteiger partial charge in [-0.25, -0.2) is 4.79 Å². The van der Waals surface area contributed by atoms with Gasteiger partial charge in [0.05, 0.1) is 19.6 Å². The lowest BCUT2D eigenvalue weighted by atomic mass is 9.98. The molecular weight excluding hydrogens is 312 g/mol. The van der Waals surface area contributed by atoms with E-state index in [9.17, 15) is 14.4 Å². The van der Waals surface area contributed by atoms with Crippen LogP contribution in [0.4, 0.5) is 4.79 Å². The molecule has 1 unspecified atom stereocenters. The normalized spacial score (nSPS) is 17.1. The maximum absolute atomic E-state index is 12.2. The molecule has 1 aromatic rings.